The summed E-state index contributed by atoms with van der Waals surface area (Å²) in [6.07, 6.45) is 2.08. The lowest BCUT2D eigenvalue weighted by Gasteiger charge is -2.24. The topological polar surface area (TPSA) is 32.3 Å². The summed E-state index contributed by atoms with van der Waals surface area (Å²) in [6, 6.07) is 24.9. The van der Waals surface area contributed by atoms with E-state index in [0.717, 1.165) is 16.7 Å². The Hall–Kier alpha value is -2.75. The van der Waals surface area contributed by atoms with E-state index in [9.17, 15) is 4.79 Å². The summed E-state index contributed by atoms with van der Waals surface area (Å²) in [5.74, 6) is 0. The van der Waals surface area contributed by atoms with E-state index in [1.165, 1.54) is 0 Å². The quantitative estimate of drug-likeness (QED) is 0.448. The van der Waals surface area contributed by atoms with Crippen molar-refractivity contribution in [2.45, 2.75) is 13.5 Å². The van der Waals surface area contributed by atoms with Crippen LogP contribution in [-0.4, -0.2) is 17.5 Å². The van der Waals surface area contributed by atoms with Crippen molar-refractivity contribution in [3.63, 3.8) is 0 Å². The van der Waals surface area contributed by atoms with Gasteiger partial charge in [0.1, 0.15) is 0 Å². The molecule has 0 aromatic heterocycles. The van der Waals surface area contributed by atoms with Crippen LogP contribution in [0.4, 0.5) is 10.5 Å². The fraction of sp³-hybridized carbons (Fsp3) is 0.125. The first kappa shape index (κ1) is 21.0. The van der Waals surface area contributed by atoms with Crippen LogP contribution in [-0.2, 0) is 6.54 Å². The molecule has 0 heterocycles. The number of amides is 2. The van der Waals surface area contributed by atoms with Gasteiger partial charge in [-0.2, -0.15) is 0 Å². The average molecular weight is 425 g/mol. The lowest BCUT2D eigenvalue weighted by Crippen LogP contribution is -2.35. The SMILES string of the molecule is C/C(=C\c1ccccc1)CN(Cc1ccccc1)C(=O)Nc1cccc(Cl)c1Cl. The second kappa shape index (κ2) is 10.1. The van der Waals surface area contributed by atoms with Gasteiger partial charge in [0.15, 0.2) is 0 Å². The predicted molar refractivity (Wildman–Crippen MR) is 122 cm³/mol. The zero-order valence-corrected chi connectivity index (χ0v) is 17.6. The van der Waals surface area contributed by atoms with Crippen LogP contribution in [0.2, 0.25) is 10.0 Å². The molecule has 0 bridgehead atoms. The van der Waals surface area contributed by atoms with Gasteiger partial charge in [-0.3, -0.25) is 0 Å². The van der Waals surface area contributed by atoms with Crippen molar-refractivity contribution in [1.82, 2.24) is 4.90 Å². The second-order valence-electron chi connectivity index (χ2n) is 6.77. The van der Waals surface area contributed by atoms with Gasteiger partial charge in [0.05, 0.1) is 15.7 Å². The molecule has 0 aliphatic carbocycles. The molecular weight excluding hydrogens is 403 g/mol. The Balaban J connectivity index is 1.81. The Bertz CT molecular complexity index is 988. The number of halogens is 2. The molecule has 0 atom stereocenters. The molecule has 3 aromatic rings. The molecule has 0 aliphatic heterocycles. The number of hydrogen-bond donors (Lipinski definition) is 1. The maximum Gasteiger partial charge on any atom is 0.322 e. The highest BCUT2D eigenvalue weighted by Crippen LogP contribution is 2.29. The molecule has 0 radical (unpaired) electrons. The summed E-state index contributed by atoms with van der Waals surface area (Å²) in [7, 11) is 0. The number of carbonyl (C=O) groups is 1. The number of rotatable bonds is 6. The van der Waals surface area contributed by atoms with Crippen LogP contribution in [0.5, 0.6) is 0 Å². The lowest BCUT2D eigenvalue weighted by atomic mass is 10.1. The van der Waals surface area contributed by atoms with Crippen LogP contribution < -0.4 is 5.32 Å². The largest absolute Gasteiger partial charge is 0.322 e. The number of nitrogens with one attached hydrogen (secondary N) is 1. The highest BCUT2D eigenvalue weighted by Gasteiger charge is 2.16. The molecule has 3 aromatic carbocycles. The van der Waals surface area contributed by atoms with Crippen molar-refractivity contribution in [3.8, 4) is 0 Å². The summed E-state index contributed by atoms with van der Waals surface area (Å²) < 4.78 is 0. The summed E-state index contributed by atoms with van der Waals surface area (Å²) in [6.45, 7) is 2.98. The van der Waals surface area contributed by atoms with Crippen LogP contribution in [0.25, 0.3) is 6.08 Å². The third kappa shape index (κ3) is 6.11. The molecule has 0 spiro atoms. The zero-order valence-electron chi connectivity index (χ0n) is 16.1. The monoisotopic (exact) mass is 424 g/mol. The first-order chi connectivity index (χ1) is 14.0. The minimum absolute atomic E-state index is 0.237. The van der Waals surface area contributed by atoms with Gasteiger partial charge in [-0.05, 0) is 30.2 Å². The number of urea groups is 1. The third-order valence-electron chi connectivity index (χ3n) is 4.35. The van der Waals surface area contributed by atoms with E-state index in [1.807, 2.05) is 67.6 Å². The van der Waals surface area contributed by atoms with Crippen molar-refractivity contribution in [3.05, 3.63) is 106 Å². The van der Waals surface area contributed by atoms with Gasteiger partial charge in [-0.15, -0.1) is 0 Å². The van der Waals surface area contributed by atoms with Gasteiger partial charge in [0, 0.05) is 13.1 Å². The average Bonchev–Trinajstić information content (AvgIpc) is 2.72. The van der Waals surface area contributed by atoms with E-state index in [2.05, 4.69) is 11.4 Å². The minimum Gasteiger partial charge on any atom is -0.316 e. The molecule has 0 fully saturated rings. The van der Waals surface area contributed by atoms with Crippen molar-refractivity contribution in [2.75, 3.05) is 11.9 Å². The number of benzene rings is 3. The van der Waals surface area contributed by atoms with Crippen molar-refractivity contribution in [2.24, 2.45) is 0 Å². The maximum absolute atomic E-state index is 13.1. The first-order valence-electron chi connectivity index (χ1n) is 9.29. The summed E-state index contributed by atoms with van der Waals surface area (Å²) in [4.78, 5) is 14.8. The number of anilines is 1. The zero-order chi connectivity index (χ0) is 20.6. The Kier molecular flexibility index (Phi) is 7.34. The molecule has 0 unspecified atom stereocenters. The van der Waals surface area contributed by atoms with Gasteiger partial charge in [0.2, 0.25) is 0 Å². The maximum atomic E-state index is 13.1. The van der Waals surface area contributed by atoms with E-state index in [1.54, 1.807) is 23.1 Å². The van der Waals surface area contributed by atoms with Crippen LogP contribution in [0.15, 0.2) is 84.4 Å². The van der Waals surface area contributed by atoms with E-state index in [-0.39, 0.29) is 6.03 Å². The Labute approximate surface area is 181 Å². The molecule has 29 heavy (non-hydrogen) atoms. The predicted octanol–water partition coefficient (Wildman–Crippen LogP) is 7.13. The summed E-state index contributed by atoms with van der Waals surface area (Å²) in [5, 5.41) is 3.62. The van der Waals surface area contributed by atoms with Crippen molar-refractivity contribution < 1.29 is 4.79 Å². The molecule has 3 rings (SSSR count). The van der Waals surface area contributed by atoms with E-state index in [4.69, 9.17) is 23.2 Å². The molecule has 0 aliphatic rings. The Morgan fingerprint density at radius 2 is 1.59 bits per heavy atom. The fourth-order valence-electron chi connectivity index (χ4n) is 2.98. The number of carbonyl (C=O) groups excluding carboxylic acids is 1. The molecule has 0 saturated heterocycles. The van der Waals surface area contributed by atoms with Gasteiger partial charge < -0.3 is 10.2 Å². The Morgan fingerprint density at radius 1 is 0.931 bits per heavy atom. The van der Waals surface area contributed by atoms with Crippen LogP contribution in [0.1, 0.15) is 18.1 Å². The highest BCUT2D eigenvalue weighted by atomic mass is 35.5. The standard InChI is InChI=1S/C24H22Cl2N2O/c1-18(15-19-9-4-2-5-10-19)16-28(17-20-11-6-3-7-12-20)24(29)27-22-14-8-13-21(25)23(22)26/h2-15H,16-17H2,1H3,(H,27,29)/b18-15+. The van der Waals surface area contributed by atoms with E-state index < -0.39 is 0 Å². The molecule has 3 nitrogen and oxygen atoms in total. The fourth-order valence-corrected chi connectivity index (χ4v) is 3.33. The number of nitrogens with zero attached hydrogens (tertiary/aromatic N) is 1. The van der Waals surface area contributed by atoms with E-state index >= 15 is 0 Å². The molecule has 0 saturated carbocycles. The van der Waals surface area contributed by atoms with Gasteiger partial charge in [-0.25, -0.2) is 4.79 Å². The molecule has 2 amide bonds. The van der Waals surface area contributed by atoms with Crippen molar-refractivity contribution in [1.29, 1.82) is 0 Å². The van der Waals surface area contributed by atoms with E-state index in [0.29, 0.717) is 28.8 Å². The lowest BCUT2D eigenvalue weighted by molar-refractivity contribution is 0.214. The summed E-state index contributed by atoms with van der Waals surface area (Å²) >= 11 is 12.3. The van der Waals surface area contributed by atoms with Crippen LogP contribution in [0, 0.1) is 0 Å². The van der Waals surface area contributed by atoms with Gasteiger partial charge >= 0.3 is 6.03 Å². The minimum atomic E-state index is -0.237. The molecule has 5 heteroatoms. The third-order valence-corrected chi connectivity index (χ3v) is 5.17. The smallest absolute Gasteiger partial charge is 0.316 e. The second-order valence-corrected chi connectivity index (χ2v) is 7.56. The van der Waals surface area contributed by atoms with Gasteiger partial charge in [0.25, 0.3) is 0 Å². The number of hydrogen-bond acceptors (Lipinski definition) is 1. The first-order valence-corrected chi connectivity index (χ1v) is 10.0. The van der Waals surface area contributed by atoms with Gasteiger partial charge in [-0.1, -0.05) is 102 Å². The van der Waals surface area contributed by atoms with Crippen molar-refractivity contribution >= 4 is 41.0 Å². The highest BCUT2D eigenvalue weighted by molar-refractivity contribution is 6.43. The molecule has 148 valence electrons. The normalized spacial score (nSPS) is 11.2. The van der Waals surface area contributed by atoms with Crippen LogP contribution in [0.3, 0.4) is 0 Å². The van der Waals surface area contributed by atoms with Crippen LogP contribution >= 0.6 is 23.2 Å². The Morgan fingerprint density at radius 3 is 2.28 bits per heavy atom. The molecular formula is C24H22Cl2N2O. The summed E-state index contributed by atoms with van der Waals surface area (Å²) in [5.41, 5.74) is 3.71. The molecule has 1 N–H and O–H groups in total.